The molecule has 2 bridgehead atoms. The quantitative estimate of drug-likeness (QED) is 0.285. The molecule has 3 aliphatic heterocycles. The second-order valence-electron chi connectivity index (χ2n) is 3.71. The van der Waals surface area contributed by atoms with Crippen LogP contribution in [0.2, 0.25) is 0 Å². The van der Waals surface area contributed by atoms with Crippen molar-refractivity contribution < 1.29 is 53.6 Å². The summed E-state index contributed by atoms with van der Waals surface area (Å²) < 4.78 is 23.8. The summed E-state index contributed by atoms with van der Waals surface area (Å²) in [7, 11) is -4.51. The van der Waals surface area contributed by atoms with E-state index in [0.717, 1.165) is 0 Å². The van der Waals surface area contributed by atoms with Gasteiger partial charge in [0.2, 0.25) is 0 Å². The summed E-state index contributed by atoms with van der Waals surface area (Å²) in [6, 6.07) is 0. The maximum Gasteiger partial charge on any atom is 0.486 e. The van der Waals surface area contributed by atoms with Gasteiger partial charge in [-0.05, 0) is 0 Å². The van der Waals surface area contributed by atoms with E-state index in [1.54, 1.807) is 0 Å². The predicted octanol–water partition coefficient (Wildman–Crippen LogP) is -3.32. The van der Waals surface area contributed by atoms with Crippen molar-refractivity contribution >= 4 is 13.8 Å². The molecule has 0 spiro atoms. The maximum absolute atomic E-state index is 11.4. The minimum absolute atomic E-state index is 1.26. The van der Waals surface area contributed by atoms with Crippen molar-refractivity contribution in [1.82, 2.24) is 0 Å². The van der Waals surface area contributed by atoms with Crippen LogP contribution in [-0.4, -0.2) is 66.7 Å². The predicted molar refractivity (Wildman–Crippen MR) is 46.4 cm³/mol. The topological polar surface area (TPSA) is 183 Å². The van der Waals surface area contributed by atoms with E-state index in [0.29, 0.717) is 0 Å². The van der Waals surface area contributed by atoms with Crippen molar-refractivity contribution in [2.45, 2.75) is 23.5 Å². The van der Waals surface area contributed by atoms with Gasteiger partial charge in [-0.2, -0.15) is 0 Å². The lowest BCUT2D eigenvalue weighted by molar-refractivity contribution is -0.497. The molecular weight excluding hydrogens is 279 g/mol. The van der Waals surface area contributed by atoms with Crippen molar-refractivity contribution in [3.8, 4) is 0 Å². The van der Waals surface area contributed by atoms with Gasteiger partial charge in [0.1, 0.15) is 6.10 Å². The van der Waals surface area contributed by atoms with Gasteiger partial charge >= 0.3 is 25.4 Å². The van der Waals surface area contributed by atoms with Crippen LogP contribution in [0.4, 0.5) is 0 Å². The molecule has 0 radical (unpaired) electrons. The van der Waals surface area contributed by atoms with Crippen LogP contribution in [0.15, 0.2) is 0 Å². The highest BCUT2D eigenvalue weighted by Gasteiger charge is 2.87. The van der Waals surface area contributed by atoms with Crippen LogP contribution in [0.25, 0.3) is 0 Å². The summed E-state index contributed by atoms with van der Waals surface area (Å²) in [4.78, 5) is 11.0. The maximum atomic E-state index is 11.4. The Kier molecular flexibility index (Phi) is 2.67. The van der Waals surface area contributed by atoms with E-state index >= 15 is 0 Å². The molecule has 0 amide bonds. The standard InChI is InChI=1S/C6H9O11P/c7-1-2(8)5(12)4(11,3(9)10)6(13)16-18(14,15-5)17-6/h2,7-8,11-13H,1H2,(H,9,10)/t2-,4+,5?,6?,18?/m0/s1. The number of phosphoric acid groups is 1. The minimum atomic E-state index is -4.51. The zero-order chi connectivity index (χ0) is 14.0. The Balaban J connectivity index is 2.57. The molecule has 18 heavy (non-hydrogen) atoms. The fourth-order valence-electron chi connectivity index (χ4n) is 1.66. The Hall–Kier alpha value is -0.620. The van der Waals surface area contributed by atoms with Crippen LogP contribution in [0.3, 0.4) is 0 Å². The lowest BCUT2D eigenvalue weighted by Gasteiger charge is -2.58. The minimum Gasteiger partial charge on any atom is -0.479 e. The largest absolute Gasteiger partial charge is 0.486 e. The molecule has 0 aromatic rings. The molecule has 3 atom stereocenters. The van der Waals surface area contributed by atoms with Crippen molar-refractivity contribution in [3.63, 3.8) is 0 Å². The summed E-state index contributed by atoms with van der Waals surface area (Å²) in [5, 5.41) is 55.9. The number of carboxylic acids is 1. The number of hydrogen-bond acceptors (Lipinski definition) is 10. The molecule has 0 aromatic carbocycles. The molecule has 11 nitrogen and oxygen atoms in total. The van der Waals surface area contributed by atoms with E-state index in [-0.39, 0.29) is 0 Å². The molecule has 3 rings (SSSR count). The van der Waals surface area contributed by atoms with Crippen molar-refractivity contribution in [2.24, 2.45) is 0 Å². The molecule has 3 saturated heterocycles. The number of aliphatic hydroxyl groups is 5. The van der Waals surface area contributed by atoms with Gasteiger partial charge in [0.05, 0.1) is 6.61 Å². The summed E-state index contributed by atoms with van der Waals surface area (Å²) in [6.45, 7) is -1.26. The lowest BCUT2D eigenvalue weighted by Crippen LogP contribution is -2.83. The van der Waals surface area contributed by atoms with Crippen LogP contribution in [-0.2, 0) is 22.9 Å². The summed E-state index contributed by atoms with van der Waals surface area (Å²) >= 11 is 0. The first-order valence-corrected chi connectivity index (χ1v) is 5.92. The Morgan fingerprint density at radius 3 is 2.11 bits per heavy atom. The number of fused-ring (bicyclic) bond motifs is 2. The number of aliphatic carboxylic acids is 1. The van der Waals surface area contributed by atoms with Gasteiger partial charge in [-0.25, -0.2) is 22.9 Å². The number of carbonyl (C=O) groups is 1. The Morgan fingerprint density at radius 2 is 1.72 bits per heavy atom. The second kappa shape index (κ2) is 3.48. The third kappa shape index (κ3) is 1.30. The number of carboxylic acid groups (broad SMARTS) is 1. The van der Waals surface area contributed by atoms with Gasteiger partial charge < -0.3 is 30.6 Å². The molecule has 1 unspecified atom stereocenters. The first-order chi connectivity index (χ1) is 8.05. The van der Waals surface area contributed by atoms with Crippen LogP contribution in [0.1, 0.15) is 0 Å². The van der Waals surface area contributed by atoms with E-state index in [9.17, 15) is 29.8 Å². The van der Waals surface area contributed by atoms with E-state index in [1.807, 2.05) is 0 Å². The van der Waals surface area contributed by atoms with E-state index in [2.05, 4.69) is 13.6 Å². The summed E-state index contributed by atoms with van der Waals surface area (Å²) in [6.07, 6.45) is -2.40. The molecule has 0 saturated carbocycles. The van der Waals surface area contributed by atoms with Gasteiger partial charge in [0.25, 0.3) is 5.79 Å². The second-order valence-corrected chi connectivity index (χ2v) is 5.16. The highest BCUT2D eigenvalue weighted by Crippen LogP contribution is 2.74. The molecule has 12 heteroatoms. The van der Waals surface area contributed by atoms with Gasteiger partial charge in [-0.1, -0.05) is 0 Å². The van der Waals surface area contributed by atoms with Crippen LogP contribution in [0.5, 0.6) is 0 Å². The van der Waals surface area contributed by atoms with Gasteiger partial charge in [0, 0.05) is 0 Å². The monoisotopic (exact) mass is 288 g/mol. The van der Waals surface area contributed by atoms with Crippen LogP contribution >= 0.6 is 7.82 Å². The third-order valence-corrected chi connectivity index (χ3v) is 4.08. The van der Waals surface area contributed by atoms with E-state index in [1.165, 1.54) is 0 Å². The zero-order valence-corrected chi connectivity index (χ0v) is 9.35. The SMILES string of the molecule is O=C(O)[C@]1(O)C2(O)OP(=O)(O2)OC1(O)[C@@H](O)CO. The molecule has 6 N–H and O–H groups in total. The number of aliphatic hydroxyl groups excluding tert-OH is 2. The lowest BCUT2D eigenvalue weighted by atomic mass is 9.86. The fraction of sp³-hybridized carbons (Fsp3) is 0.833. The van der Waals surface area contributed by atoms with Gasteiger partial charge in [-0.3, -0.25) is 0 Å². The highest BCUT2D eigenvalue weighted by molar-refractivity contribution is 7.49. The average Bonchev–Trinajstić information content (AvgIpc) is 2.21. The van der Waals surface area contributed by atoms with Crippen molar-refractivity contribution in [2.75, 3.05) is 6.61 Å². The summed E-state index contributed by atoms with van der Waals surface area (Å²) in [5.41, 5.74) is -3.73. The van der Waals surface area contributed by atoms with E-state index < -0.39 is 43.9 Å². The number of rotatable bonds is 3. The van der Waals surface area contributed by atoms with Crippen LogP contribution in [0, 0.1) is 0 Å². The first-order valence-electron chi connectivity index (χ1n) is 4.46. The van der Waals surface area contributed by atoms with Crippen molar-refractivity contribution in [1.29, 1.82) is 0 Å². The van der Waals surface area contributed by atoms with Crippen molar-refractivity contribution in [3.05, 3.63) is 0 Å². The van der Waals surface area contributed by atoms with Gasteiger partial charge in [-0.15, -0.1) is 0 Å². The first kappa shape index (κ1) is 13.8. The molecule has 3 fully saturated rings. The molecule has 104 valence electrons. The normalized spacial score (nSPS) is 52.5. The Bertz CT molecular complexity index is 439. The Labute approximate surface area is 98.4 Å². The molecule has 3 aliphatic rings. The van der Waals surface area contributed by atoms with Gasteiger partial charge in [0.15, 0.2) is 0 Å². The smallest absolute Gasteiger partial charge is 0.479 e. The molecule has 0 aliphatic carbocycles. The number of phosphoric ester groups is 1. The number of hydrogen-bond donors (Lipinski definition) is 6. The highest BCUT2D eigenvalue weighted by atomic mass is 31.2. The molecule has 0 aromatic heterocycles. The fourth-order valence-corrected chi connectivity index (χ4v) is 3.21. The molecule has 3 heterocycles. The Morgan fingerprint density at radius 1 is 1.22 bits per heavy atom. The molecular formula is C6H9O11P. The van der Waals surface area contributed by atoms with Crippen LogP contribution < -0.4 is 0 Å². The summed E-state index contributed by atoms with van der Waals surface area (Å²) in [5.74, 6) is -9.17. The van der Waals surface area contributed by atoms with E-state index in [4.69, 9.17) is 10.2 Å². The third-order valence-electron chi connectivity index (χ3n) is 2.63. The zero-order valence-electron chi connectivity index (χ0n) is 8.46. The average molecular weight is 288 g/mol.